The molecule has 5 nitrogen and oxygen atoms in total. The van der Waals surface area contributed by atoms with Crippen LogP contribution in [0.25, 0.3) is 0 Å². The number of carboxylic acids is 1. The van der Waals surface area contributed by atoms with Crippen LogP contribution in [0, 0.1) is 11.8 Å². The fraction of sp³-hybridized carbons (Fsp3) is 0.667. The third kappa shape index (κ3) is 1.92. The van der Waals surface area contributed by atoms with Crippen LogP contribution in [0.15, 0.2) is 0 Å². The van der Waals surface area contributed by atoms with Gasteiger partial charge in [-0.05, 0) is 13.3 Å². The minimum atomic E-state index is -1.10. The second kappa shape index (κ2) is 4.21. The molecular formula is C9H12O5. The number of carboxylic acid groups (broad SMARTS) is 1. The van der Waals surface area contributed by atoms with Gasteiger partial charge in [0, 0.05) is 6.42 Å². The van der Waals surface area contributed by atoms with Gasteiger partial charge in [0.15, 0.2) is 0 Å². The maximum atomic E-state index is 11.3. The monoisotopic (exact) mass is 200 g/mol. The molecule has 14 heavy (non-hydrogen) atoms. The second-order valence-electron chi connectivity index (χ2n) is 3.18. The Kier molecular flexibility index (Phi) is 3.22. The molecule has 0 heterocycles. The molecule has 0 spiro atoms. The summed E-state index contributed by atoms with van der Waals surface area (Å²) in [6.07, 6.45) is 0.387. The summed E-state index contributed by atoms with van der Waals surface area (Å²) in [6, 6.07) is 0. The Labute approximate surface area is 81.0 Å². The highest BCUT2D eigenvalue weighted by atomic mass is 16.5. The molecule has 78 valence electrons. The molecule has 1 N–H and O–H groups in total. The lowest BCUT2D eigenvalue weighted by molar-refractivity contribution is -0.158. The van der Waals surface area contributed by atoms with Crippen molar-refractivity contribution in [3.63, 3.8) is 0 Å². The van der Waals surface area contributed by atoms with Crippen LogP contribution in [-0.2, 0) is 19.1 Å². The quantitative estimate of drug-likeness (QED) is 0.521. The maximum absolute atomic E-state index is 11.3. The van der Waals surface area contributed by atoms with Gasteiger partial charge in [0.05, 0.1) is 12.5 Å². The molecule has 0 bridgehead atoms. The van der Waals surface area contributed by atoms with E-state index in [4.69, 9.17) is 5.11 Å². The fourth-order valence-electron chi connectivity index (χ4n) is 1.64. The molecule has 0 radical (unpaired) electrons. The van der Waals surface area contributed by atoms with Crippen LogP contribution in [0.1, 0.15) is 19.8 Å². The number of rotatable bonds is 3. The van der Waals surface area contributed by atoms with Crippen LogP contribution in [0.3, 0.4) is 0 Å². The number of Topliss-reactive ketones (excluding diaryl/α,β-unsaturated/α-hetero) is 1. The number of carbonyl (C=O) groups is 3. The molecule has 2 atom stereocenters. The third-order valence-electron chi connectivity index (χ3n) is 2.31. The largest absolute Gasteiger partial charge is 0.481 e. The van der Waals surface area contributed by atoms with E-state index in [1.54, 1.807) is 6.92 Å². The molecule has 1 saturated carbocycles. The standard InChI is InChI=1S/C9H12O5/c1-2-14-9(13)7-5(8(11)12)3-4-6(7)10/h5,7H,2-4H2,1H3,(H,11,12)/t5-,7+/m1/s1. The van der Waals surface area contributed by atoms with E-state index in [0.29, 0.717) is 0 Å². The van der Waals surface area contributed by atoms with Crippen molar-refractivity contribution in [3.05, 3.63) is 0 Å². The third-order valence-corrected chi connectivity index (χ3v) is 2.31. The first-order valence-corrected chi connectivity index (χ1v) is 4.50. The van der Waals surface area contributed by atoms with Crippen molar-refractivity contribution in [1.82, 2.24) is 0 Å². The first kappa shape index (κ1) is 10.7. The first-order chi connectivity index (χ1) is 6.57. The lowest BCUT2D eigenvalue weighted by atomic mass is 9.96. The van der Waals surface area contributed by atoms with E-state index in [9.17, 15) is 14.4 Å². The summed E-state index contributed by atoms with van der Waals surface area (Å²) in [5, 5.41) is 8.76. The molecule has 0 unspecified atom stereocenters. The van der Waals surface area contributed by atoms with Gasteiger partial charge in [-0.25, -0.2) is 0 Å². The summed E-state index contributed by atoms with van der Waals surface area (Å²) in [4.78, 5) is 33.2. The van der Waals surface area contributed by atoms with Crippen molar-refractivity contribution in [3.8, 4) is 0 Å². The number of esters is 1. The van der Waals surface area contributed by atoms with Gasteiger partial charge in [-0.2, -0.15) is 0 Å². The molecule has 0 saturated heterocycles. The van der Waals surface area contributed by atoms with Gasteiger partial charge in [-0.15, -0.1) is 0 Å². The predicted octanol–water partition coefficient (Wildman–Crippen LogP) is 0.229. The molecule has 1 rings (SSSR count). The van der Waals surface area contributed by atoms with E-state index in [0.717, 1.165) is 0 Å². The molecule has 0 aliphatic heterocycles. The average molecular weight is 200 g/mol. The summed E-state index contributed by atoms with van der Waals surface area (Å²) in [5.41, 5.74) is 0. The Bertz CT molecular complexity index is 270. The van der Waals surface area contributed by atoms with Crippen molar-refractivity contribution in [2.75, 3.05) is 6.61 Å². The fourth-order valence-corrected chi connectivity index (χ4v) is 1.64. The van der Waals surface area contributed by atoms with E-state index in [1.807, 2.05) is 0 Å². The van der Waals surface area contributed by atoms with Gasteiger partial charge in [-0.3, -0.25) is 14.4 Å². The van der Waals surface area contributed by atoms with Crippen molar-refractivity contribution in [1.29, 1.82) is 0 Å². The molecular weight excluding hydrogens is 188 g/mol. The smallest absolute Gasteiger partial charge is 0.317 e. The van der Waals surface area contributed by atoms with Gasteiger partial charge < -0.3 is 9.84 Å². The zero-order chi connectivity index (χ0) is 10.7. The highest BCUT2D eigenvalue weighted by molar-refractivity contribution is 6.04. The first-order valence-electron chi connectivity index (χ1n) is 4.50. The lowest BCUT2D eigenvalue weighted by Crippen LogP contribution is -2.31. The highest BCUT2D eigenvalue weighted by Gasteiger charge is 2.44. The topological polar surface area (TPSA) is 80.7 Å². The summed E-state index contributed by atoms with van der Waals surface area (Å²) in [7, 11) is 0. The zero-order valence-corrected chi connectivity index (χ0v) is 7.86. The molecule has 1 aliphatic rings. The summed E-state index contributed by atoms with van der Waals surface area (Å²) >= 11 is 0. The molecule has 0 aromatic carbocycles. The number of carbonyl (C=O) groups excluding carboxylic acids is 2. The summed E-state index contributed by atoms with van der Waals surface area (Å²) < 4.78 is 4.65. The van der Waals surface area contributed by atoms with E-state index in [1.165, 1.54) is 0 Å². The van der Waals surface area contributed by atoms with E-state index in [-0.39, 0.29) is 25.2 Å². The lowest BCUT2D eigenvalue weighted by Gasteiger charge is -2.12. The Hall–Kier alpha value is -1.39. The van der Waals surface area contributed by atoms with Crippen LogP contribution in [0.5, 0.6) is 0 Å². The van der Waals surface area contributed by atoms with Crippen LogP contribution >= 0.6 is 0 Å². The normalized spacial score (nSPS) is 26.2. The Morgan fingerprint density at radius 1 is 1.57 bits per heavy atom. The minimum absolute atomic E-state index is 0.153. The maximum Gasteiger partial charge on any atom is 0.317 e. The van der Waals surface area contributed by atoms with E-state index in [2.05, 4.69) is 4.74 Å². The molecule has 1 fully saturated rings. The van der Waals surface area contributed by atoms with E-state index < -0.39 is 23.8 Å². The van der Waals surface area contributed by atoms with Gasteiger partial charge in [0.2, 0.25) is 0 Å². The predicted molar refractivity (Wildman–Crippen MR) is 45.5 cm³/mol. The van der Waals surface area contributed by atoms with Crippen molar-refractivity contribution >= 4 is 17.7 Å². The van der Waals surface area contributed by atoms with Crippen LogP contribution in [-0.4, -0.2) is 29.4 Å². The van der Waals surface area contributed by atoms with Crippen LogP contribution in [0.4, 0.5) is 0 Å². The summed E-state index contributed by atoms with van der Waals surface area (Å²) in [5.74, 6) is -4.12. The molecule has 1 aliphatic carbocycles. The molecule has 5 heteroatoms. The second-order valence-corrected chi connectivity index (χ2v) is 3.18. The number of ketones is 1. The average Bonchev–Trinajstić information content (AvgIpc) is 2.47. The minimum Gasteiger partial charge on any atom is -0.481 e. The van der Waals surface area contributed by atoms with Crippen molar-refractivity contribution in [2.45, 2.75) is 19.8 Å². The number of aliphatic carboxylic acids is 1. The molecule has 0 aromatic heterocycles. The van der Waals surface area contributed by atoms with Crippen molar-refractivity contribution < 1.29 is 24.2 Å². The van der Waals surface area contributed by atoms with Gasteiger partial charge in [0.25, 0.3) is 0 Å². The SMILES string of the molecule is CCOC(=O)[C@@H]1C(=O)CC[C@H]1C(=O)O. The molecule has 0 aromatic rings. The molecule has 0 amide bonds. The van der Waals surface area contributed by atoms with E-state index >= 15 is 0 Å². The van der Waals surface area contributed by atoms with Crippen LogP contribution < -0.4 is 0 Å². The van der Waals surface area contributed by atoms with Gasteiger partial charge in [-0.1, -0.05) is 0 Å². The number of ether oxygens (including phenoxy) is 1. The van der Waals surface area contributed by atoms with Crippen molar-refractivity contribution in [2.24, 2.45) is 11.8 Å². The number of hydrogen-bond acceptors (Lipinski definition) is 4. The Morgan fingerprint density at radius 3 is 2.71 bits per heavy atom. The summed E-state index contributed by atoms with van der Waals surface area (Å²) in [6.45, 7) is 1.78. The Morgan fingerprint density at radius 2 is 2.21 bits per heavy atom. The highest BCUT2D eigenvalue weighted by Crippen LogP contribution is 2.29. The Balaban J connectivity index is 2.76. The zero-order valence-electron chi connectivity index (χ0n) is 7.86. The van der Waals surface area contributed by atoms with Gasteiger partial charge >= 0.3 is 11.9 Å². The number of hydrogen-bond donors (Lipinski definition) is 1. The van der Waals surface area contributed by atoms with Gasteiger partial charge in [0.1, 0.15) is 11.7 Å². The van der Waals surface area contributed by atoms with Crippen LogP contribution in [0.2, 0.25) is 0 Å².